The summed E-state index contributed by atoms with van der Waals surface area (Å²) in [7, 11) is 0. The number of hydrogen-bond donors (Lipinski definition) is 0. The zero-order chi connectivity index (χ0) is 24.7. The van der Waals surface area contributed by atoms with Gasteiger partial charge in [-0.2, -0.15) is 0 Å². The van der Waals surface area contributed by atoms with Crippen LogP contribution in [0.5, 0.6) is 0 Å². The lowest BCUT2D eigenvalue weighted by atomic mass is 10.1. The molecule has 2 aromatic heterocycles. The molecular weight excluding hydrogens is 498 g/mol. The highest BCUT2D eigenvalue weighted by molar-refractivity contribution is 7.98. The number of aromatic nitrogens is 2. The predicted molar refractivity (Wildman–Crippen MR) is 130 cm³/mol. The van der Waals surface area contributed by atoms with E-state index in [9.17, 15) is 23.2 Å². The van der Waals surface area contributed by atoms with Crippen molar-refractivity contribution in [3.05, 3.63) is 109 Å². The molecule has 0 fully saturated rings. The maximum atomic E-state index is 14.7. The Kier molecular flexibility index (Phi) is 5.96. The molecule has 0 N–H and O–H groups in total. The first-order valence-electron chi connectivity index (χ1n) is 10.2. The largest absolute Gasteiger partial charge is 0.463 e. The second kappa shape index (κ2) is 9.09. The van der Waals surface area contributed by atoms with E-state index >= 15 is 0 Å². The highest BCUT2D eigenvalue weighted by atomic mass is 35.5. The molecule has 0 bridgehead atoms. The molecule has 10 heteroatoms. The van der Waals surface area contributed by atoms with Gasteiger partial charge in [-0.05, 0) is 36.4 Å². The summed E-state index contributed by atoms with van der Waals surface area (Å²) in [4.78, 5) is 41.5. The summed E-state index contributed by atoms with van der Waals surface area (Å²) in [6.45, 7) is 0. The van der Waals surface area contributed by atoms with Crippen molar-refractivity contribution in [2.45, 2.75) is 10.9 Å². The van der Waals surface area contributed by atoms with Crippen LogP contribution >= 0.6 is 23.4 Å². The number of carbonyl (C=O) groups is 1. The molecule has 0 spiro atoms. The minimum atomic E-state index is -0.924. The number of fused-ring (bicyclic) bond motifs is 2. The number of nitrogens with zero attached hydrogens (tertiary/aromatic N) is 2. The molecule has 2 heterocycles. The Morgan fingerprint density at radius 2 is 1.86 bits per heavy atom. The molecule has 0 saturated carbocycles. The molecule has 0 amide bonds. The van der Waals surface area contributed by atoms with Crippen LogP contribution in [0.1, 0.15) is 15.9 Å². The van der Waals surface area contributed by atoms with Crippen LogP contribution in [0.3, 0.4) is 0 Å². The molecule has 0 aliphatic carbocycles. The number of benzene rings is 3. The van der Waals surface area contributed by atoms with Crippen molar-refractivity contribution in [3.63, 3.8) is 0 Å². The lowest BCUT2D eigenvalue weighted by Crippen LogP contribution is -2.22. The van der Waals surface area contributed by atoms with Gasteiger partial charge >= 0.3 is 0 Å². The van der Waals surface area contributed by atoms with Crippen LogP contribution in [0.25, 0.3) is 27.6 Å². The van der Waals surface area contributed by atoms with E-state index in [0.29, 0.717) is 23.4 Å². The molecular formula is C25H13ClF2N2O4S. The second-order valence-electron chi connectivity index (χ2n) is 7.52. The van der Waals surface area contributed by atoms with Crippen LogP contribution in [0, 0.1) is 11.6 Å². The first kappa shape index (κ1) is 22.9. The zero-order valence-corrected chi connectivity index (χ0v) is 19.2. The summed E-state index contributed by atoms with van der Waals surface area (Å²) in [6, 6.07) is 12.5. The molecule has 0 aliphatic rings. The van der Waals surface area contributed by atoms with E-state index in [4.69, 9.17) is 16.0 Å². The quantitative estimate of drug-likeness (QED) is 0.176. The fourth-order valence-corrected chi connectivity index (χ4v) is 4.92. The lowest BCUT2D eigenvalue weighted by Gasteiger charge is -2.14. The Morgan fingerprint density at radius 1 is 1.06 bits per heavy atom. The Balaban J connectivity index is 1.67. The molecule has 35 heavy (non-hydrogen) atoms. The van der Waals surface area contributed by atoms with Crippen LogP contribution in [0.4, 0.5) is 8.78 Å². The molecule has 174 valence electrons. The Labute approximate surface area is 204 Å². The van der Waals surface area contributed by atoms with Gasteiger partial charge in [-0.25, -0.2) is 13.8 Å². The normalized spacial score (nSPS) is 11.3. The molecule has 0 unspecified atom stereocenters. The summed E-state index contributed by atoms with van der Waals surface area (Å²) < 4.78 is 34.9. The summed E-state index contributed by atoms with van der Waals surface area (Å²) in [5.74, 6) is -1.57. The number of para-hydroxylation sites is 1. The van der Waals surface area contributed by atoms with Gasteiger partial charge < -0.3 is 4.42 Å². The third-order valence-electron chi connectivity index (χ3n) is 5.32. The summed E-state index contributed by atoms with van der Waals surface area (Å²) >= 11 is 7.28. The predicted octanol–water partition coefficient (Wildman–Crippen LogP) is 5.53. The van der Waals surface area contributed by atoms with E-state index in [1.54, 1.807) is 30.3 Å². The Morgan fingerprint density at radius 3 is 2.63 bits per heavy atom. The third-order valence-corrected chi connectivity index (χ3v) is 6.53. The van der Waals surface area contributed by atoms with E-state index in [1.165, 1.54) is 12.1 Å². The fraction of sp³-hybridized carbons (Fsp3) is 0.0400. The van der Waals surface area contributed by atoms with E-state index in [1.807, 2.05) is 0 Å². The molecule has 0 atom stereocenters. The van der Waals surface area contributed by atoms with Gasteiger partial charge in [0.15, 0.2) is 11.4 Å². The smallest absolute Gasteiger partial charge is 0.266 e. The number of rotatable bonds is 5. The SMILES string of the molecule is O=Cc1coc2c(CSc3nc4ccccc4c(=O)n3-c3ccc(F)cc3F)cc(Cl)cc2c1=O. The average Bonchev–Trinajstić information content (AvgIpc) is 2.84. The third kappa shape index (κ3) is 4.13. The molecule has 5 rings (SSSR count). The number of thioether (sulfide) groups is 1. The van der Waals surface area contributed by atoms with Gasteiger partial charge in [0.1, 0.15) is 23.5 Å². The zero-order valence-electron chi connectivity index (χ0n) is 17.6. The lowest BCUT2D eigenvalue weighted by molar-refractivity contribution is 0.112. The standard InChI is InChI=1S/C25H13ClF2N2O4S/c26-15-7-13(23-18(8-15)22(32)14(10-31)11-34-23)12-35-25-29-20-4-2-1-3-17(20)24(33)30(25)21-6-5-16(27)9-19(21)28/h1-11H,12H2. The van der Waals surface area contributed by atoms with Gasteiger partial charge in [-0.3, -0.25) is 19.0 Å². The van der Waals surface area contributed by atoms with Crippen LogP contribution < -0.4 is 11.0 Å². The van der Waals surface area contributed by atoms with E-state index in [2.05, 4.69) is 4.98 Å². The summed E-state index contributed by atoms with van der Waals surface area (Å²) in [5, 5.41) is 0.781. The van der Waals surface area contributed by atoms with Gasteiger partial charge in [-0.1, -0.05) is 35.5 Å². The minimum absolute atomic E-state index is 0.131. The number of halogens is 3. The van der Waals surface area contributed by atoms with Crippen molar-refractivity contribution in [2.24, 2.45) is 0 Å². The molecule has 0 aliphatic heterocycles. The van der Waals surface area contributed by atoms with E-state index in [-0.39, 0.29) is 43.5 Å². The van der Waals surface area contributed by atoms with Crippen molar-refractivity contribution < 1.29 is 18.0 Å². The monoisotopic (exact) mass is 510 g/mol. The average molecular weight is 511 g/mol. The molecule has 6 nitrogen and oxygen atoms in total. The molecule has 0 saturated heterocycles. The minimum Gasteiger partial charge on any atom is -0.463 e. The topological polar surface area (TPSA) is 82.2 Å². The van der Waals surface area contributed by atoms with Crippen molar-refractivity contribution in [3.8, 4) is 5.69 Å². The van der Waals surface area contributed by atoms with Gasteiger partial charge in [0.25, 0.3) is 5.56 Å². The van der Waals surface area contributed by atoms with Gasteiger partial charge in [0.2, 0.25) is 5.43 Å². The fourth-order valence-electron chi connectivity index (χ4n) is 3.70. The molecule has 0 radical (unpaired) electrons. The van der Waals surface area contributed by atoms with Gasteiger partial charge in [0, 0.05) is 22.4 Å². The van der Waals surface area contributed by atoms with Crippen molar-refractivity contribution in [2.75, 3.05) is 0 Å². The maximum absolute atomic E-state index is 14.7. The van der Waals surface area contributed by atoms with Crippen molar-refractivity contribution in [1.82, 2.24) is 9.55 Å². The van der Waals surface area contributed by atoms with Crippen molar-refractivity contribution >= 4 is 51.5 Å². The number of aldehydes is 1. The highest BCUT2D eigenvalue weighted by Gasteiger charge is 2.18. The second-order valence-corrected chi connectivity index (χ2v) is 8.90. The van der Waals surface area contributed by atoms with Gasteiger partial charge in [-0.15, -0.1) is 0 Å². The van der Waals surface area contributed by atoms with Crippen LogP contribution in [-0.4, -0.2) is 15.8 Å². The molecule has 3 aromatic carbocycles. The summed E-state index contributed by atoms with van der Waals surface area (Å²) in [5.41, 5.74) is -0.228. The van der Waals surface area contributed by atoms with Crippen molar-refractivity contribution in [1.29, 1.82) is 0 Å². The van der Waals surface area contributed by atoms with E-state index < -0.39 is 22.6 Å². The Hall–Kier alpha value is -3.82. The van der Waals surface area contributed by atoms with Crippen LogP contribution in [0.15, 0.2) is 80.0 Å². The first-order valence-corrected chi connectivity index (χ1v) is 11.5. The number of carbonyl (C=O) groups excluding carboxylic acids is 1. The summed E-state index contributed by atoms with van der Waals surface area (Å²) in [6.07, 6.45) is 1.47. The highest BCUT2D eigenvalue weighted by Crippen LogP contribution is 2.30. The maximum Gasteiger partial charge on any atom is 0.266 e. The van der Waals surface area contributed by atoms with Crippen LogP contribution in [-0.2, 0) is 5.75 Å². The first-order chi connectivity index (χ1) is 16.9. The van der Waals surface area contributed by atoms with E-state index in [0.717, 1.165) is 28.7 Å². The van der Waals surface area contributed by atoms with Crippen LogP contribution in [0.2, 0.25) is 5.02 Å². The number of hydrogen-bond acceptors (Lipinski definition) is 6. The Bertz CT molecular complexity index is 1770. The van der Waals surface area contributed by atoms with Gasteiger partial charge in [0.05, 0.1) is 27.5 Å². The molecule has 5 aromatic rings.